The van der Waals surface area contributed by atoms with Gasteiger partial charge in [-0.3, -0.25) is 14.6 Å². The van der Waals surface area contributed by atoms with Crippen molar-refractivity contribution < 1.29 is 28.8 Å². The van der Waals surface area contributed by atoms with Gasteiger partial charge < -0.3 is 29.0 Å². The number of benzene rings is 1. The Balaban J connectivity index is 1.17. The van der Waals surface area contributed by atoms with Gasteiger partial charge in [-0.05, 0) is 37.0 Å². The number of rotatable bonds is 9. The number of amides is 1. The summed E-state index contributed by atoms with van der Waals surface area (Å²) in [6, 6.07) is 5.39. The first-order valence-electron chi connectivity index (χ1n) is 12.1. The highest BCUT2D eigenvalue weighted by molar-refractivity contribution is 5.95. The third kappa shape index (κ3) is 6.16. The maximum absolute atomic E-state index is 13.4. The fraction of sp³-hybridized carbons (Fsp3) is 0.708. The van der Waals surface area contributed by atoms with Crippen LogP contribution in [0.1, 0.15) is 23.2 Å². The number of hydrogen-bond acceptors (Lipinski definition) is 8. The molecular formula is C24H35N3O6. The van der Waals surface area contributed by atoms with E-state index in [9.17, 15) is 9.90 Å². The lowest BCUT2D eigenvalue weighted by Crippen LogP contribution is -2.52. The molecule has 9 nitrogen and oxygen atoms in total. The third-order valence-electron chi connectivity index (χ3n) is 6.77. The van der Waals surface area contributed by atoms with Crippen LogP contribution in [0.15, 0.2) is 18.2 Å². The lowest BCUT2D eigenvalue weighted by atomic mass is 10.1. The topological polar surface area (TPSA) is 83.9 Å². The van der Waals surface area contributed by atoms with Crippen molar-refractivity contribution in [3.05, 3.63) is 23.8 Å². The quantitative estimate of drug-likeness (QED) is 0.574. The lowest BCUT2D eigenvalue weighted by Gasteiger charge is -2.37. The Morgan fingerprint density at radius 2 is 1.79 bits per heavy atom. The SMILES string of the molecule is O=C(c1ccc2c(c1)OCO2)N(CC1CC1)CC1CN(CC(O)CN2CCOCC2)CCO1. The highest BCUT2D eigenvalue weighted by Gasteiger charge is 2.32. The van der Waals surface area contributed by atoms with E-state index in [1.165, 1.54) is 12.8 Å². The second kappa shape index (κ2) is 10.6. The van der Waals surface area contributed by atoms with E-state index in [4.69, 9.17) is 18.9 Å². The zero-order chi connectivity index (χ0) is 22.6. The van der Waals surface area contributed by atoms with E-state index in [1.54, 1.807) is 12.1 Å². The van der Waals surface area contributed by atoms with E-state index in [-0.39, 0.29) is 18.8 Å². The predicted molar refractivity (Wildman–Crippen MR) is 121 cm³/mol. The molecule has 33 heavy (non-hydrogen) atoms. The van der Waals surface area contributed by atoms with Crippen LogP contribution >= 0.6 is 0 Å². The van der Waals surface area contributed by atoms with Gasteiger partial charge in [-0.2, -0.15) is 0 Å². The first kappa shape index (κ1) is 22.9. The first-order chi connectivity index (χ1) is 16.1. The standard InChI is InChI=1S/C24H35N3O6/c28-20(13-25-5-8-30-9-6-25)14-26-7-10-31-21(15-26)16-27(12-18-1-2-18)24(29)19-3-4-22-23(11-19)33-17-32-22/h3-4,11,18,20-21,28H,1-2,5-10,12-17H2. The van der Waals surface area contributed by atoms with Crippen LogP contribution in [0, 0.1) is 5.92 Å². The fourth-order valence-corrected chi connectivity index (χ4v) is 4.80. The van der Waals surface area contributed by atoms with Gasteiger partial charge in [0, 0.05) is 57.9 Å². The van der Waals surface area contributed by atoms with Crippen LogP contribution < -0.4 is 9.47 Å². The van der Waals surface area contributed by atoms with E-state index < -0.39 is 6.10 Å². The molecular weight excluding hydrogens is 426 g/mol. The number of morpholine rings is 2. The summed E-state index contributed by atoms with van der Waals surface area (Å²) >= 11 is 0. The molecule has 1 aromatic carbocycles. The van der Waals surface area contributed by atoms with Crippen LogP contribution in [0.25, 0.3) is 0 Å². The maximum atomic E-state index is 13.4. The number of aliphatic hydroxyl groups excluding tert-OH is 1. The van der Waals surface area contributed by atoms with Crippen molar-refractivity contribution in [3.63, 3.8) is 0 Å². The molecule has 0 aromatic heterocycles. The Morgan fingerprint density at radius 1 is 1.03 bits per heavy atom. The summed E-state index contributed by atoms with van der Waals surface area (Å²) in [6.07, 6.45) is 1.89. The molecule has 182 valence electrons. The summed E-state index contributed by atoms with van der Waals surface area (Å²) in [5.74, 6) is 1.90. The van der Waals surface area contributed by atoms with Crippen molar-refractivity contribution in [2.75, 3.05) is 79.0 Å². The Labute approximate surface area is 195 Å². The predicted octanol–water partition coefficient (Wildman–Crippen LogP) is 0.661. The molecule has 9 heteroatoms. The van der Waals surface area contributed by atoms with Crippen LogP contribution in [0.3, 0.4) is 0 Å². The number of carbonyl (C=O) groups excluding carboxylic acids is 1. The molecule has 5 rings (SSSR count). The van der Waals surface area contributed by atoms with E-state index in [1.807, 2.05) is 11.0 Å². The van der Waals surface area contributed by atoms with Gasteiger partial charge in [0.15, 0.2) is 11.5 Å². The van der Waals surface area contributed by atoms with Crippen LogP contribution in [-0.4, -0.2) is 117 Å². The van der Waals surface area contributed by atoms with Gasteiger partial charge in [0.1, 0.15) is 0 Å². The summed E-state index contributed by atoms with van der Waals surface area (Å²) in [4.78, 5) is 19.8. The lowest BCUT2D eigenvalue weighted by molar-refractivity contribution is -0.0557. The van der Waals surface area contributed by atoms with Crippen LogP contribution in [0.5, 0.6) is 11.5 Å². The van der Waals surface area contributed by atoms with Crippen LogP contribution in [-0.2, 0) is 9.47 Å². The molecule has 0 spiro atoms. The van der Waals surface area contributed by atoms with E-state index >= 15 is 0 Å². The van der Waals surface area contributed by atoms with Crippen molar-refractivity contribution in [2.24, 2.45) is 5.92 Å². The number of nitrogens with zero attached hydrogens (tertiary/aromatic N) is 3. The Kier molecular flexibility index (Phi) is 7.32. The molecule has 2 saturated heterocycles. The van der Waals surface area contributed by atoms with Crippen molar-refractivity contribution in [3.8, 4) is 11.5 Å². The Hall–Kier alpha value is -1.91. The van der Waals surface area contributed by atoms with Crippen molar-refractivity contribution in [1.82, 2.24) is 14.7 Å². The third-order valence-corrected chi connectivity index (χ3v) is 6.77. The smallest absolute Gasteiger partial charge is 0.254 e. The fourth-order valence-electron chi connectivity index (χ4n) is 4.80. The summed E-state index contributed by atoms with van der Waals surface area (Å²) < 4.78 is 22.3. The monoisotopic (exact) mass is 461 g/mol. The molecule has 1 aliphatic carbocycles. The summed E-state index contributed by atoms with van der Waals surface area (Å²) in [5.41, 5.74) is 0.619. The number of hydrogen-bond donors (Lipinski definition) is 1. The van der Waals surface area contributed by atoms with Gasteiger partial charge in [0.2, 0.25) is 6.79 Å². The molecule has 1 N–H and O–H groups in total. The number of aliphatic hydroxyl groups is 1. The average Bonchev–Trinajstić information content (AvgIpc) is 3.51. The minimum atomic E-state index is -0.403. The Bertz CT molecular complexity index is 813. The largest absolute Gasteiger partial charge is 0.454 e. The van der Waals surface area contributed by atoms with E-state index in [0.717, 1.165) is 45.9 Å². The zero-order valence-electron chi connectivity index (χ0n) is 19.2. The molecule has 0 bridgehead atoms. The highest BCUT2D eigenvalue weighted by Crippen LogP contribution is 2.34. The van der Waals surface area contributed by atoms with Gasteiger partial charge in [0.05, 0.1) is 32.0 Å². The van der Waals surface area contributed by atoms with Crippen LogP contribution in [0.4, 0.5) is 0 Å². The Morgan fingerprint density at radius 3 is 2.61 bits per heavy atom. The first-order valence-corrected chi connectivity index (χ1v) is 12.1. The maximum Gasteiger partial charge on any atom is 0.254 e. The van der Waals surface area contributed by atoms with Crippen molar-refractivity contribution in [2.45, 2.75) is 25.0 Å². The van der Waals surface area contributed by atoms with Crippen molar-refractivity contribution >= 4 is 5.91 Å². The molecule has 3 fully saturated rings. The number of fused-ring (bicyclic) bond motifs is 1. The van der Waals surface area contributed by atoms with E-state index in [2.05, 4.69) is 9.80 Å². The molecule has 1 aromatic rings. The molecule has 2 atom stereocenters. The minimum absolute atomic E-state index is 0.00766. The molecule has 4 aliphatic rings. The molecule has 1 saturated carbocycles. The summed E-state index contributed by atoms with van der Waals surface area (Å²) in [5, 5.41) is 10.6. The minimum Gasteiger partial charge on any atom is -0.454 e. The normalized spacial score (nSPS) is 24.6. The highest BCUT2D eigenvalue weighted by atomic mass is 16.7. The molecule has 1 amide bonds. The zero-order valence-corrected chi connectivity index (χ0v) is 19.2. The summed E-state index contributed by atoms with van der Waals surface area (Å²) in [6.45, 7) is 8.16. The number of carbonyl (C=O) groups is 1. The van der Waals surface area contributed by atoms with Crippen molar-refractivity contribution in [1.29, 1.82) is 0 Å². The average molecular weight is 462 g/mol. The molecule has 3 aliphatic heterocycles. The second-order valence-electron chi connectivity index (χ2n) is 9.54. The number of ether oxygens (including phenoxy) is 4. The number of β-amino-alcohol motifs (C(OH)–C–C–N with tert-alkyl or cyclic N) is 1. The van der Waals surface area contributed by atoms with Gasteiger partial charge in [0.25, 0.3) is 5.91 Å². The van der Waals surface area contributed by atoms with Gasteiger partial charge in [-0.15, -0.1) is 0 Å². The van der Waals surface area contributed by atoms with E-state index in [0.29, 0.717) is 49.2 Å². The van der Waals surface area contributed by atoms with Gasteiger partial charge >= 0.3 is 0 Å². The molecule has 0 radical (unpaired) electrons. The molecule has 3 heterocycles. The van der Waals surface area contributed by atoms with Crippen LogP contribution in [0.2, 0.25) is 0 Å². The van der Waals surface area contributed by atoms with Gasteiger partial charge in [-0.1, -0.05) is 0 Å². The van der Waals surface area contributed by atoms with Gasteiger partial charge in [-0.25, -0.2) is 0 Å². The summed E-state index contributed by atoms with van der Waals surface area (Å²) in [7, 11) is 0. The molecule has 2 unspecified atom stereocenters. The second-order valence-corrected chi connectivity index (χ2v) is 9.54.